The van der Waals surface area contributed by atoms with Crippen LogP contribution in [0.25, 0.3) is 0 Å². The average Bonchev–Trinajstić information content (AvgIpc) is 2.51. The Morgan fingerprint density at radius 3 is 2.48 bits per heavy atom. The van der Waals surface area contributed by atoms with E-state index in [1.54, 1.807) is 0 Å². The Bertz CT molecular complexity index is 300. The Balaban J connectivity index is 1.86. The summed E-state index contributed by atoms with van der Waals surface area (Å²) in [5, 5.41) is 0. The maximum Gasteiger partial charge on any atom is -0.00515 e. The smallest absolute Gasteiger partial charge is 0.00515 e. The van der Waals surface area contributed by atoms with Crippen molar-refractivity contribution in [1.82, 2.24) is 0 Å². The van der Waals surface area contributed by atoms with Crippen molar-refractivity contribution >= 4 is 0 Å². The fourth-order valence-electron chi connectivity index (χ4n) is 5.25. The van der Waals surface area contributed by atoms with E-state index in [2.05, 4.69) is 27.7 Å². The molecular weight excluding hydrogens is 254 g/mol. The Hall–Kier alpha value is -0.0400. The Kier molecular flexibility index (Phi) is 6.59. The van der Waals surface area contributed by atoms with Gasteiger partial charge in [0.25, 0.3) is 0 Å². The van der Waals surface area contributed by atoms with E-state index in [9.17, 15) is 0 Å². The lowest BCUT2D eigenvalue weighted by atomic mass is 9.59. The van der Waals surface area contributed by atoms with Gasteiger partial charge >= 0.3 is 0 Å². The molecule has 7 atom stereocenters. The van der Waals surface area contributed by atoms with Gasteiger partial charge in [-0.05, 0) is 80.1 Å². The predicted molar refractivity (Wildman–Crippen MR) is 93.1 cm³/mol. The minimum Gasteiger partial charge on any atom is -0.330 e. The SMILES string of the molecule is CCC(C)C1CC2CC(CCC(C)CN)CCC2CC1C. The van der Waals surface area contributed by atoms with Crippen LogP contribution in [0.4, 0.5) is 0 Å². The van der Waals surface area contributed by atoms with Gasteiger partial charge in [-0.25, -0.2) is 0 Å². The number of rotatable bonds is 6. The van der Waals surface area contributed by atoms with Crippen molar-refractivity contribution in [2.45, 2.75) is 79.1 Å². The zero-order valence-corrected chi connectivity index (χ0v) is 15.0. The van der Waals surface area contributed by atoms with E-state index >= 15 is 0 Å². The van der Waals surface area contributed by atoms with E-state index in [1.165, 1.54) is 51.4 Å². The molecule has 1 nitrogen and oxygen atoms in total. The average molecular weight is 294 g/mol. The molecule has 0 amide bonds. The van der Waals surface area contributed by atoms with Crippen molar-refractivity contribution in [1.29, 1.82) is 0 Å². The summed E-state index contributed by atoms with van der Waals surface area (Å²) in [4.78, 5) is 0. The molecule has 0 bridgehead atoms. The highest BCUT2D eigenvalue weighted by molar-refractivity contribution is 4.90. The van der Waals surface area contributed by atoms with Crippen LogP contribution < -0.4 is 5.73 Å². The van der Waals surface area contributed by atoms with E-state index in [0.29, 0.717) is 0 Å². The zero-order valence-electron chi connectivity index (χ0n) is 15.0. The normalized spacial score (nSPS) is 39.6. The van der Waals surface area contributed by atoms with Gasteiger partial charge in [0.1, 0.15) is 0 Å². The van der Waals surface area contributed by atoms with Crippen LogP contribution in [-0.2, 0) is 0 Å². The molecule has 0 aliphatic heterocycles. The maximum absolute atomic E-state index is 5.78. The molecule has 124 valence electrons. The van der Waals surface area contributed by atoms with Gasteiger partial charge in [0, 0.05) is 0 Å². The van der Waals surface area contributed by atoms with Crippen LogP contribution in [-0.4, -0.2) is 6.54 Å². The molecule has 2 aliphatic carbocycles. The van der Waals surface area contributed by atoms with Gasteiger partial charge in [-0.1, -0.05) is 47.0 Å². The first kappa shape index (κ1) is 17.3. The molecule has 21 heavy (non-hydrogen) atoms. The summed E-state index contributed by atoms with van der Waals surface area (Å²) in [6, 6.07) is 0. The van der Waals surface area contributed by atoms with E-state index in [-0.39, 0.29) is 0 Å². The standard InChI is InChI=1S/C20H39N/c1-5-15(3)20-12-19-11-17(7-6-14(2)13-21)8-9-18(19)10-16(20)4/h14-20H,5-13,21H2,1-4H3. The first-order valence-corrected chi connectivity index (χ1v) is 9.75. The minimum atomic E-state index is 0.724. The molecule has 0 spiro atoms. The topological polar surface area (TPSA) is 26.0 Å². The predicted octanol–water partition coefficient (Wildman–Crippen LogP) is 5.49. The first-order chi connectivity index (χ1) is 10.0. The Morgan fingerprint density at radius 1 is 1.05 bits per heavy atom. The third kappa shape index (κ3) is 4.47. The summed E-state index contributed by atoms with van der Waals surface area (Å²) < 4.78 is 0. The molecule has 0 aromatic carbocycles. The van der Waals surface area contributed by atoms with Crippen molar-refractivity contribution in [3.63, 3.8) is 0 Å². The maximum atomic E-state index is 5.78. The molecular formula is C20H39N. The molecule has 0 heterocycles. The summed E-state index contributed by atoms with van der Waals surface area (Å²) in [5.41, 5.74) is 5.78. The Morgan fingerprint density at radius 2 is 1.81 bits per heavy atom. The number of fused-ring (bicyclic) bond motifs is 1. The van der Waals surface area contributed by atoms with Gasteiger partial charge in [0.05, 0.1) is 0 Å². The van der Waals surface area contributed by atoms with Crippen LogP contribution in [0.3, 0.4) is 0 Å². The molecule has 2 fully saturated rings. The van der Waals surface area contributed by atoms with E-state index < -0.39 is 0 Å². The lowest BCUT2D eigenvalue weighted by Gasteiger charge is -2.47. The molecule has 2 saturated carbocycles. The number of nitrogens with two attached hydrogens (primary N) is 1. The lowest BCUT2D eigenvalue weighted by molar-refractivity contribution is 0.0366. The largest absolute Gasteiger partial charge is 0.330 e. The molecule has 0 aromatic heterocycles. The first-order valence-electron chi connectivity index (χ1n) is 9.75. The number of hydrogen-bond acceptors (Lipinski definition) is 1. The summed E-state index contributed by atoms with van der Waals surface area (Å²) in [6.45, 7) is 10.6. The summed E-state index contributed by atoms with van der Waals surface area (Å²) in [5.74, 6) is 6.73. The van der Waals surface area contributed by atoms with Crippen molar-refractivity contribution < 1.29 is 0 Å². The fraction of sp³-hybridized carbons (Fsp3) is 1.00. The van der Waals surface area contributed by atoms with E-state index in [0.717, 1.165) is 48.0 Å². The zero-order chi connectivity index (χ0) is 15.4. The minimum absolute atomic E-state index is 0.724. The summed E-state index contributed by atoms with van der Waals surface area (Å²) in [7, 11) is 0. The summed E-state index contributed by atoms with van der Waals surface area (Å²) >= 11 is 0. The molecule has 7 unspecified atom stereocenters. The van der Waals surface area contributed by atoms with Crippen molar-refractivity contribution in [3.8, 4) is 0 Å². The van der Waals surface area contributed by atoms with Crippen LogP contribution in [0.1, 0.15) is 79.1 Å². The lowest BCUT2D eigenvalue weighted by Crippen LogP contribution is -2.37. The molecule has 0 saturated heterocycles. The quantitative estimate of drug-likeness (QED) is 0.689. The second kappa shape index (κ2) is 7.99. The van der Waals surface area contributed by atoms with Crippen molar-refractivity contribution in [2.24, 2.45) is 47.2 Å². The van der Waals surface area contributed by atoms with Crippen LogP contribution in [0.2, 0.25) is 0 Å². The fourth-order valence-corrected chi connectivity index (χ4v) is 5.25. The van der Waals surface area contributed by atoms with Crippen LogP contribution in [0.5, 0.6) is 0 Å². The summed E-state index contributed by atoms with van der Waals surface area (Å²) in [6.07, 6.45) is 11.7. The highest BCUT2D eigenvalue weighted by Crippen LogP contribution is 2.49. The van der Waals surface area contributed by atoms with Gasteiger partial charge in [-0.2, -0.15) is 0 Å². The van der Waals surface area contributed by atoms with Gasteiger partial charge < -0.3 is 5.73 Å². The van der Waals surface area contributed by atoms with Crippen LogP contribution in [0.15, 0.2) is 0 Å². The molecule has 0 radical (unpaired) electrons. The second-order valence-electron chi connectivity index (χ2n) is 8.62. The molecule has 1 heteroatoms. The van der Waals surface area contributed by atoms with Gasteiger partial charge in [0.2, 0.25) is 0 Å². The Labute approximate surface area is 133 Å². The van der Waals surface area contributed by atoms with Crippen LogP contribution >= 0.6 is 0 Å². The molecule has 0 aromatic rings. The van der Waals surface area contributed by atoms with Crippen molar-refractivity contribution in [3.05, 3.63) is 0 Å². The molecule has 2 aliphatic rings. The third-order valence-electron chi connectivity index (χ3n) is 7.07. The van der Waals surface area contributed by atoms with E-state index in [1.807, 2.05) is 0 Å². The molecule has 2 rings (SSSR count). The van der Waals surface area contributed by atoms with Gasteiger partial charge in [-0.3, -0.25) is 0 Å². The highest BCUT2D eigenvalue weighted by atomic mass is 14.5. The highest BCUT2D eigenvalue weighted by Gasteiger charge is 2.39. The monoisotopic (exact) mass is 293 g/mol. The second-order valence-corrected chi connectivity index (χ2v) is 8.62. The van der Waals surface area contributed by atoms with Gasteiger partial charge in [-0.15, -0.1) is 0 Å². The third-order valence-corrected chi connectivity index (χ3v) is 7.07. The van der Waals surface area contributed by atoms with Crippen molar-refractivity contribution in [2.75, 3.05) is 6.54 Å². The molecule has 2 N–H and O–H groups in total. The van der Waals surface area contributed by atoms with E-state index in [4.69, 9.17) is 5.73 Å². The van der Waals surface area contributed by atoms with Gasteiger partial charge in [0.15, 0.2) is 0 Å². The van der Waals surface area contributed by atoms with Crippen LogP contribution in [0, 0.1) is 41.4 Å². The number of hydrogen-bond donors (Lipinski definition) is 1.